The maximum absolute atomic E-state index is 12.9. The maximum atomic E-state index is 12.9. The monoisotopic (exact) mass is 339 g/mol. The number of rotatable bonds is 6. The first-order valence-electron chi connectivity index (χ1n) is 7.12. The van der Waals surface area contributed by atoms with E-state index in [9.17, 15) is 8.42 Å². The van der Waals surface area contributed by atoms with Crippen molar-refractivity contribution in [1.29, 1.82) is 0 Å². The standard InChI is InChI=1S/C16H21NO3S2/c1-5-17(22(18,19)16-10-9-12(2)21-16)13(3)14-7-6-8-15(11-14)20-4/h6-11,13H,5H2,1-4H3. The molecule has 4 nitrogen and oxygen atoms in total. The Morgan fingerprint density at radius 3 is 2.55 bits per heavy atom. The zero-order valence-corrected chi connectivity index (χ0v) is 14.9. The second-order valence-corrected chi connectivity index (χ2v) is 8.43. The molecule has 120 valence electrons. The van der Waals surface area contributed by atoms with Crippen LogP contribution in [0.5, 0.6) is 5.75 Å². The van der Waals surface area contributed by atoms with Crippen molar-refractivity contribution in [3.8, 4) is 5.75 Å². The van der Waals surface area contributed by atoms with E-state index >= 15 is 0 Å². The van der Waals surface area contributed by atoms with Crippen LogP contribution in [0.4, 0.5) is 0 Å². The quantitative estimate of drug-likeness (QED) is 0.803. The van der Waals surface area contributed by atoms with Crippen molar-refractivity contribution in [2.24, 2.45) is 0 Å². The molecule has 0 amide bonds. The molecule has 1 atom stereocenters. The van der Waals surface area contributed by atoms with E-state index in [1.165, 1.54) is 15.6 Å². The van der Waals surface area contributed by atoms with Crippen LogP contribution in [-0.2, 0) is 10.0 Å². The average Bonchev–Trinajstić information content (AvgIpc) is 2.95. The molecule has 2 aromatic rings. The van der Waals surface area contributed by atoms with Crippen LogP contribution in [0.2, 0.25) is 0 Å². The van der Waals surface area contributed by atoms with Crippen LogP contribution >= 0.6 is 11.3 Å². The smallest absolute Gasteiger partial charge is 0.253 e. The zero-order valence-electron chi connectivity index (χ0n) is 13.2. The third kappa shape index (κ3) is 3.34. The van der Waals surface area contributed by atoms with Crippen molar-refractivity contribution in [2.75, 3.05) is 13.7 Å². The molecule has 1 aromatic carbocycles. The van der Waals surface area contributed by atoms with E-state index in [2.05, 4.69) is 0 Å². The first kappa shape index (κ1) is 17.0. The lowest BCUT2D eigenvalue weighted by Gasteiger charge is -2.27. The van der Waals surface area contributed by atoms with Crippen molar-refractivity contribution in [1.82, 2.24) is 4.31 Å². The fraction of sp³-hybridized carbons (Fsp3) is 0.375. The van der Waals surface area contributed by atoms with Crippen molar-refractivity contribution in [2.45, 2.75) is 31.0 Å². The van der Waals surface area contributed by atoms with Gasteiger partial charge in [0.25, 0.3) is 10.0 Å². The van der Waals surface area contributed by atoms with Gasteiger partial charge < -0.3 is 4.74 Å². The number of sulfonamides is 1. The highest BCUT2D eigenvalue weighted by Crippen LogP contribution is 2.31. The summed E-state index contributed by atoms with van der Waals surface area (Å²) in [5.41, 5.74) is 0.915. The summed E-state index contributed by atoms with van der Waals surface area (Å²) < 4.78 is 32.8. The Kier molecular flexibility index (Phi) is 5.26. The Balaban J connectivity index is 2.38. The highest BCUT2D eigenvalue weighted by atomic mass is 32.2. The molecule has 0 aliphatic carbocycles. The summed E-state index contributed by atoms with van der Waals surface area (Å²) >= 11 is 1.30. The molecule has 22 heavy (non-hydrogen) atoms. The molecule has 1 heterocycles. The molecule has 0 saturated heterocycles. The molecular formula is C16H21NO3S2. The molecule has 0 saturated carbocycles. The third-order valence-electron chi connectivity index (χ3n) is 3.60. The van der Waals surface area contributed by atoms with Gasteiger partial charge in [0.15, 0.2) is 0 Å². The summed E-state index contributed by atoms with van der Waals surface area (Å²) in [4.78, 5) is 0.990. The summed E-state index contributed by atoms with van der Waals surface area (Å²) in [5.74, 6) is 0.727. The third-order valence-corrected chi connectivity index (χ3v) is 7.11. The summed E-state index contributed by atoms with van der Waals surface area (Å²) in [6.07, 6.45) is 0. The van der Waals surface area contributed by atoms with Crippen LogP contribution in [0.15, 0.2) is 40.6 Å². The van der Waals surface area contributed by atoms with Gasteiger partial charge >= 0.3 is 0 Å². The minimum atomic E-state index is -3.49. The molecule has 0 N–H and O–H groups in total. The van der Waals surface area contributed by atoms with E-state index in [0.29, 0.717) is 10.8 Å². The van der Waals surface area contributed by atoms with E-state index in [-0.39, 0.29) is 6.04 Å². The summed E-state index contributed by atoms with van der Waals surface area (Å²) in [7, 11) is -1.88. The Morgan fingerprint density at radius 1 is 1.27 bits per heavy atom. The number of aryl methyl sites for hydroxylation is 1. The Hall–Kier alpha value is -1.37. The number of ether oxygens (including phenoxy) is 1. The van der Waals surface area contributed by atoms with Crippen LogP contribution < -0.4 is 4.74 Å². The molecular weight excluding hydrogens is 318 g/mol. The lowest BCUT2D eigenvalue weighted by atomic mass is 10.1. The number of hydrogen-bond donors (Lipinski definition) is 0. The predicted molar refractivity (Wildman–Crippen MR) is 90.0 cm³/mol. The van der Waals surface area contributed by atoms with Crippen LogP contribution in [0.25, 0.3) is 0 Å². The van der Waals surface area contributed by atoms with E-state index < -0.39 is 10.0 Å². The van der Waals surface area contributed by atoms with Crippen LogP contribution in [0.3, 0.4) is 0 Å². The van der Waals surface area contributed by atoms with Gasteiger partial charge in [-0.3, -0.25) is 0 Å². The fourth-order valence-electron chi connectivity index (χ4n) is 2.39. The average molecular weight is 339 g/mol. The minimum Gasteiger partial charge on any atom is -0.497 e. The lowest BCUT2D eigenvalue weighted by Crippen LogP contribution is -2.33. The highest BCUT2D eigenvalue weighted by Gasteiger charge is 2.29. The van der Waals surface area contributed by atoms with Gasteiger partial charge in [-0.15, -0.1) is 11.3 Å². The second-order valence-electron chi connectivity index (χ2n) is 5.03. The first-order valence-corrected chi connectivity index (χ1v) is 9.38. The van der Waals surface area contributed by atoms with Gasteiger partial charge in [0.05, 0.1) is 7.11 Å². The van der Waals surface area contributed by atoms with Crippen LogP contribution in [0, 0.1) is 6.92 Å². The number of hydrogen-bond acceptors (Lipinski definition) is 4. The molecule has 0 radical (unpaired) electrons. The molecule has 1 aromatic heterocycles. The molecule has 0 bridgehead atoms. The van der Waals surface area contributed by atoms with Crippen LogP contribution in [0.1, 0.15) is 30.3 Å². The van der Waals surface area contributed by atoms with Crippen molar-refractivity contribution >= 4 is 21.4 Å². The van der Waals surface area contributed by atoms with E-state index in [0.717, 1.165) is 16.2 Å². The Labute approximate surface area is 136 Å². The molecule has 0 aliphatic heterocycles. The molecule has 6 heteroatoms. The maximum Gasteiger partial charge on any atom is 0.253 e. The largest absolute Gasteiger partial charge is 0.497 e. The predicted octanol–water partition coefficient (Wildman–Crippen LogP) is 3.84. The van der Waals surface area contributed by atoms with Crippen LogP contribution in [-0.4, -0.2) is 26.4 Å². The molecule has 0 spiro atoms. The van der Waals surface area contributed by atoms with Crippen molar-refractivity contribution < 1.29 is 13.2 Å². The first-order chi connectivity index (χ1) is 10.4. The van der Waals surface area contributed by atoms with Gasteiger partial charge in [-0.1, -0.05) is 19.1 Å². The normalized spacial score (nSPS) is 13.3. The highest BCUT2D eigenvalue weighted by molar-refractivity contribution is 7.91. The molecule has 2 rings (SSSR count). The second kappa shape index (κ2) is 6.81. The minimum absolute atomic E-state index is 0.257. The van der Waals surface area contributed by atoms with Gasteiger partial charge in [-0.25, -0.2) is 8.42 Å². The van der Waals surface area contributed by atoms with E-state index in [1.807, 2.05) is 51.1 Å². The number of benzene rings is 1. The topological polar surface area (TPSA) is 46.6 Å². The van der Waals surface area contributed by atoms with Gasteiger partial charge in [-0.05, 0) is 43.7 Å². The Bertz CT molecular complexity index is 737. The van der Waals surface area contributed by atoms with Crippen molar-refractivity contribution in [3.05, 3.63) is 46.8 Å². The SMILES string of the molecule is CCN(C(C)c1cccc(OC)c1)S(=O)(=O)c1ccc(C)s1. The van der Waals surface area contributed by atoms with E-state index in [1.54, 1.807) is 13.2 Å². The summed E-state index contributed by atoms with van der Waals surface area (Å²) in [6.45, 7) is 6.08. The summed E-state index contributed by atoms with van der Waals surface area (Å²) in [5, 5.41) is 0. The van der Waals surface area contributed by atoms with E-state index in [4.69, 9.17) is 4.74 Å². The summed E-state index contributed by atoms with van der Waals surface area (Å²) in [6, 6.07) is 10.8. The molecule has 1 unspecified atom stereocenters. The lowest BCUT2D eigenvalue weighted by molar-refractivity contribution is 0.355. The van der Waals surface area contributed by atoms with Crippen molar-refractivity contribution in [3.63, 3.8) is 0 Å². The molecule has 0 fully saturated rings. The number of nitrogens with zero attached hydrogens (tertiary/aromatic N) is 1. The molecule has 0 aliphatic rings. The van der Waals surface area contributed by atoms with Gasteiger partial charge in [0.2, 0.25) is 0 Å². The Morgan fingerprint density at radius 2 is 2.00 bits per heavy atom. The van der Waals surface area contributed by atoms with Gasteiger partial charge in [0.1, 0.15) is 9.96 Å². The zero-order chi connectivity index (χ0) is 16.3. The number of thiophene rings is 1. The number of methoxy groups -OCH3 is 1. The fourth-order valence-corrected chi connectivity index (χ4v) is 5.43. The van der Waals surface area contributed by atoms with Gasteiger partial charge in [-0.2, -0.15) is 4.31 Å². The van der Waals surface area contributed by atoms with Gasteiger partial charge in [0, 0.05) is 17.5 Å².